The van der Waals surface area contributed by atoms with Gasteiger partial charge in [-0.05, 0) is 54.6 Å². The summed E-state index contributed by atoms with van der Waals surface area (Å²) in [5.41, 5.74) is 0.635. The number of ether oxygens (including phenoxy) is 2. The van der Waals surface area contributed by atoms with Gasteiger partial charge < -0.3 is 14.8 Å². The number of hydrogen-bond donors (Lipinski definition) is 2. The van der Waals surface area contributed by atoms with Gasteiger partial charge in [-0.2, -0.15) is 0 Å². The van der Waals surface area contributed by atoms with Gasteiger partial charge in [-0.25, -0.2) is 17.2 Å². The summed E-state index contributed by atoms with van der Waals surface area (Å²) in [5, 5.41) is 2.67. The van der Waals surface area contributed by atoms with Gasteiger partial charge in [0.25, 0.3) is 10.0 Å². The van der Waals surface area contributed by atoms with Gasteiger partial charge >= 0.3 is 0 Å². The van der Waals surface area contributed by atoms with Crippen molar-refractivity contribution < 1.29 is 31.5 Å². The summed E-state index contributed by atoms with van der Waals surface area (Å²) in [5.74, 6) is -1.61. The van der Waals surface area contributed by atoms with Crippen LogP contribution in [0.25, 0.3) is 0 Å². The number of para-hydroxylation sites is 2. The molecule has 168 valence electrons. The smallest absolute Gasteiger partial charge is 0.261 e. The van der Waals surface area contributed by atoms with Crippen molar-refractivity contribution in [2.45, 2.75) is 11.3 Å². The van der Waals surface area contributed by atoms with E-state index in [4.69, 9.17) is 9.47 Å². The number of carbonyl (C=O) groups excluding carboxylic acids is 1. The van der Waals surface area contributed by atoms with Gasteiger partial charge in [0, 0.05) is 11.4 Å². The molecule has 0 bridgehead atoms. The number of hydrogen-bond acceptors (Lipinski definition) is 5. The molecule has 0 saturated heterocycles. The highest BCUT2D eigenvalue weighted by Gasteiger charge is 2.17. The highest BCUT2D eigenvalue weighted by Crippen LogP contribution is 2.26. The Morgan fingerprint density at radius 2 is 1.56 bits per heavy atom. The minimum absolute atomic E-state index is 0.0859. The third kappa shape index (κ3) is 5.94. The van der Waals surface area contributed by atoms with Crippen LogP contribution < -0.4 is 19.5 Å². The molecule has 0 atom stereocenters. The van der Waals surface area contributed by atoms with Crippen LogP contribution in [0.3, 0.4) is 0 Å². The molecule has 7 nitrogen and oxygen atoms in total. The normalized spacial score (nSPS) is 11.0. The first kappa shape index (κ1) is 23.0. The lowest BCUT2D eigenvalue weighted by molar-refractivity contribution is -0.116. The van der Waals surface area contributed by atoms with E-state index in [0.717, 1.165) is 12.1 Å². The Morgan fingerprint density at radius 1 is 0.906 bits per heavy atom. The van der Waals surface area contributed by atoms with Crippen LogP contribution >= 0.6 is 0 Å². The second-order valence-corrected chi connectivity index (χ2v) is 8.24. The monoisotopic (exact) mass is 462 g/mol. The molecule has 0 spiro atoms. The Kier molecular flexibility index (Phi) is 7.26. The number of carbonyl (C=O) groups is 1. The maximum Gasteiger partial charge on any atom is 0.261 e. The fourth-order valence-corrected chi connectivity index (χ4v) is 3.76. The molecule has 0 aliphatic heterocycles. The Hall–Kier alpha value is -3.66. The first-order valence-electron chi connectivity index (χ1n) is 9.42. The molecule has 0 heterocycles. The molecule has 0 fully saturated rings. The van der Waals surface area contributed by atoms with Gasteiger partial charge in [0.1, 0.15) is 0 Å². The highest BCUT2D eigenvalue weighted by molar-refractivity contribution is 7.92. The first-order chi connectivity index (χ1) is 15.3. The molecule has 3 aromatic rings. The van der Waals surface area contributed by atoms with Gasteiger partial charge in [-0.15, -0.1) is 0 Å². The van der Waals surface area contributed by atoms with Crippen LogP contribution in [-0.2, 0) is 14.8 Å². The van der Waals surface area contributed by atoms with Gasteiger partial charge in [-0.3, -0.25) is 9.52 Å². The van der Waals surface area contributed by atoms with Crippen molar-refractivity contribution in [1.29, 1.82) is 0 Å². The number of benzene rings is 3. The summed E-state index contributed by atoms with van der Waals surface area (Å²) in [6.45, 7) is 0.137. The van der Waals surface area contributed by atoms with Crippen LogP contribution in [0.15, 0.2) is 71.6 Å². The van der Waals surface area contributed by atoms with Crippen LogP contribution in [-0.4, -0.2) is 28.0 Å². The lowest BCUT2D eigenvalue weighted by atomic mass is 10.3. The number of amides is 1. The van der Waals surface area contributed by atoms with Crippen LogP contribution in [0.1, 0.15) is 6.42 Å². The number of halogens is 2. The van der Waals surface area contributed by atoms with Crippen molar-refractivity contribution in [1.82, 2.24) is 0 Å². The highest BCUT2D eigenvalue weighted by atomic mass is 32.2. The minimum Gasteiger partial charge on any atom is -0.493 e. The van der Waals surface area contributed by atoms with Crippen molar-refractivity contribution in [3.05, 3.63) is 78.4 Å². The zero-order valence-corrected chi connectivity index (χ0v) is 17.8. The summed E-state index contributed by atoms with van der Waals surface area (Å²) in [4.78, 5) is 11.7. The van der Waals surface area contributed by atoms with E-state index in [1.165, 1.54) is 31.4 Å². The number of methoxy groups -OCH3 is 1. The molecular weight excluding hydrogens is 442 g/mol. The number of rotatable bonds is 9. The van der Waals surface area contributed by atoms with Crippen molar-refractivity contribution in [2.24, 2.45) is 0 Å². The van der Waals surface area contributed by atoms with E-state index in [9.17, 15) is 22.0 Å². The second-order valence-electron chi connectivity index (χ2n) is 6.56. The SMILES string of the molecule is COc1ccccc1OCCC(=O)Nc1ccc(NS(=O)(=O)c2ccc(F)c(F)c2)cc1. The van der Waals surface area contributed by atoms with Gasteiger partial charge in [0.15, 0.2) is 23.1 Å². The van der Waals surface area contributed by atoms with Crippen LogP contribution in [0.4, 0.5) is 20.2 Å². The molecule has 32 heavy (non-hydrogen) atoms. The van der Waals surface area contributed by atoms with Crippen LogP contribution in [0.2, 0.25) is 0 Å². The van der Waals surface area contributed by atoms with Crippen molar-refractivity contribution in [3.63, 3.8) is 0 Å². The predicted molar refractivity (Wildman–Crippen MR) is 115 cm³/mol. The Morgan fingerprint density at radius 3 is 2.22 bits per heavy atom. The largest absolute Gasteiger partial charge is 0.493 e. The lowest BCUT2D eigenvalue weighted by Crippen LogP contribution is -2.16. The summed E-state index contributed by atoms with van der Waals surface area (Å²) in [7, 11) is -2.58. The van der Waals surface area contributed by atoms with Crippen LogP contribution in [0.5, 0.6) is 11.5 Å². The molecule has 1 amide bonds. The maximum atomic E-state index is 13.3. The van der Waals surface area contributed by atoms with Crippen molar-refractivity contribution in [3.8, 4) is 11.5 Å². The standard InChI is InChI=1S/C22H20F2N2O5S/c1-30-20-4-2-3-5-21(20)31-13-12-22(27)25-15-6-8-16(9-7-15)26-32(28,29)17-10-11-18(23)19(24)14-17/h2-11,14,26H,12-13H2,1H3,(H,25,27). The Labute approximate surface area is 184 Å². The molecule has 3 rings (SSSR count). The Balaban J connectivity index is 1.53. The van der Waals surface area contributed by atoms with Crippen LogP contribution in [0, 0.1) is 11.6 Å². The van der Waals surface area contributed by atoms with Crippen molar-refractivity contribution >= 4 is 27.3 Å². The van der Waals surface area contributed by atoms with E-state index >= 15 is 0 Å². The van der Waals surface area contributed by atoms with Crippen molar-refractivity contribution in [2.75, 3.05) is 23.8 Å². The molecule has 10 heteroatoms. The first-order valence-corrected chi connectivity index (χ1v) is 10.9. The molecule has 0 aliphatic rings. The molecule has 3 aromatic carbocycles. The minimum atomic E-state index is -4.10. The molecular formula is C22H20F2N2O5S. The molecule has 0 aromatic heterocycles. The average Bonchev–Trinajstić information content (AvgIpc) is 2.77. The zero-order valence-electron chi connectivity index (χ0n) is 17.0. The van der Waals surface area contributed by atoms with E-state index < -0.39 is 26.6 Å². The summed E-state index contributed by atoms with van der Waals surface area (Å²) in [6, 6.07) is 15.2. The third-order valence-electron chi connectivity index (χ3n) is 4.28. The molecule has 0 saturated carbocycles. The third-order valence-corrected chi connectivity index (χ3v) is 5.66. The Bertz CT molecular complexity index is 1200. The fraction of sp³-hybridized carbons (Fsp3) is 0.136. The molecule has 2 N–H and O–H groups in total. The van der Waals surface area contributed by atoms with E-state index in [-0.39, 0.29) is 24.6 Å². The van der Waals surface area contributed by atoms with Gasteiger partial charge in [0.2, 0.25) is 5.91 Å². The van der Waals surface area contributed by atoms with Gasteiger partial charge in [0.05, 0.1) is 25.0 Å². The molecule has 0 radical (unpaired) electrons. The van der Waals surface area contributed by atoms with E-state index in [1.807, 2.05) is 0 Å². The summed E-state index contributed by atoms with van der Waals surface area (Å²) < 4.78 is 64.0. The zero-order chi connectivity index (χ0) is 23.1. The lowest BCUT2D eigenvalue weighted by Gasteiger charge is -2.11. The van der Waals surface area contributed by atoms with E-state index in [1.54, 1.807) is 24.3 Å². The average molecular weight is 462 g/mol. The van der Waals surface area contributed by atoms with E-state index in [0.29, 0.717) is 23.3 Å². The quantitative estimate of drug-likeness (QED) is 0.498. The molecule has 0 aliphatic carbocycles. The molecule has 0 unspecified atom stereocenters. The predicted octanol–water partition coefficient (Wildman–Crippen LogP) is 4.18. The number of sulfonamides is 1. The van der Waals surface area contributed by atoms with Gasteiger partial charge in [-0.1, -0.05) is 12.1 Å². The fourth-order valence-electron chi connectivity index (χ4n) is 2.69. The second kappa shape index (κ2) is 10.1. The topological polar surface area (TPSA) is 93.7 Å². The summed E-state index contributed by atoms with van der Waals surface area (Å²) in [6.07, 6.45) is 0.0859. The number of nitrogens with one attached hydrogen (secondary N) is 2. The number of anilines is 2. The summed E-state index contributed by atoms with van der Waals surface area (Å²) >= 11 is 0. The maximum absolute atomic E-state index is 13.3. The van der Waals surface area contributed by atoms with E-state index in [2.05, 4.69) is 10.0 Å².